The van der Waals surface area contributed by atoms with Crippen LogP contribution in [0.4, 0.5) is 0 Å². The molecular formula is C19H23NO3. The number of hydrogen-bond acceptors (Lipinski definition) is 4. The molecule has 0 bridgehead atoms. The lowest BCUT2D eigenvalue weighted by atomic mass is 10.0. The third-order valence-electron chi connectivity index (χ3n) is 3.59. The largest absolute Gasteiger partial charge is 0.497 e. The fraction of sp³-hybridized carbons (Fsp3) is 0.316. The van der Waals surface area contributed by atoms with Gasteiger partial charge in [0, 0.05) is 12.6 Å². The maximum absolute atomic E-state index is 11.9. The average molecular weight is 313 g/mol. The predicted molar refractivity (Wildman–Crippen MR) is 90.3 cm³/mol. The van der Waals surface area contributed by atoms with Crippen molar-refractivity contribution in [2.75, 3.05) is 13.7 Å². The predicted octanol–water partition coefficient (Wildman–Crippen LogP) is 3.48. The molecule has 0 aliphatic carbocycles. The third-order valence-corrected chi connectivity index (χ3v) is 3.59. The Bertz CT molecular complexity index is 596. The van der Waals surface area contributed by atoms with E-state index in [0.29, 0.717) is 19.6 Å². The summed E-state index contributed by atoms with van der Waals surface area (Å²) >= 11 is 0. The molecule has 0 aliphatic heterocycles. The summed E-state index contributed by atoms with van der Waals surface area (Å²) in [6, 6.07) is 17.8. The molecule has 23 heavy (non-hydrogen) atoms. The van der Waals surface area contributed by atoms with Gasteiger partial charge >= 0.3 is 5.97 Å². The summed E-state index contributed by atoms with van der Waals surface area (Å²) in [4.78, 5) is 11.9. The monoisotopic (exact) mass is 313 g/mol. The highest BCUT2D eigenvalue weighted by Gasteiger charge is 2.16. The van der Waals surface area contributed by atoms with Crippen LogP contribution in [0.2, 0.25) is 0 Å². The topological polar surface area (TPSA) is 47.6 Å². The second-order valence-corrected chi connectivity index (χ2v) is 5.20. The van der Waals surface area contributed by atoms with E-state index in [9.17, 15) is 4.79 Å². The first-order valence-electron chi connectivity index (χ1n) is 7.79. The second kappa shape index (κ2) is 8.96. The van der Waals surface area contributed by atoms with E-state index >= 15 is 0 Å². The van der Waals surface area contributed by atoms with E-state index < -0.39 is 0 Å². The van der Waals surface area contributed by atoms with Gasteiger partial charge in [0.15, 0.2) is 0 Å². The first kappa shape index (κ1) is 17.0. The zero-order valence-electron chi connectivity index (χ0n) is 13.6. The van der Waals surface area contributed by atoms with E-state index in [1.807, 2.05) is 49.4 Å². The summed E-state index contributed by atoms with van der Waals surface area (Å²) < 4.78 is 10.3. The van der Waals surface area contributed by atoms with Crippen LogP contribution in [-0.2, 0) is 16.1 Å². The van der Waals surface area contributed by atoms with Crippen molar-refractivity contribution >= 4 is 5.97 Å². The van der Waals surface area contributed by atoms with Crippen LogP contribution in [0.1, 0.15) is 30.5 Å². The Labute approximate surface area is 137 Å². The molecule has 1 atom stereocenters. The molecule has 1 N–H and O–H groups in total. The van der Waals surface area contributed by atoms with Crippen molar-refractivity contribution in [2.45, 2.75) is 25.9 Å². The van der Waals surface area contributed by atoms with E-state index in [1.54, 1.807) is 7.11 Å². The molecule has 0 aliphatic rings. The highest BCUT2D eigenvalue weighted by atomic mass is 16.5. The van der Waals surface area contributed by atoms with Gasteiger partial charge in [0.2, 0.25) is 0 Å². The molecule has 0 saturated heterocycles. The maximum Gasteiger partial charge on any atom is 0.307 e. The smallest absolute Gasteiger partial charge is 0.307 e. The van der Waals surface area contributed by atoms with E-state index in [0.717, 1.165) is 11.3 Å². The number of esters is 1. The zero-order valence-corrected chi connectivity index (χ0v) is 13.6. The number of hydrogen-bond donors (Lipinski definition) is 1. The van der Waals surface area contributed by atoms with Gasteiger partial charge in [-0.05, 0) is 30.2 Å². The first-order chi connectivity index (χ1) is 11.2. The summed E-state index contributed by atoms with van der Waals surface area (Å²) in [6.45, 7) is 2.90. The van der Waals surface area contributed by atoms with Crippen LogP contribution in [0.15, 0.2) is 54.6 Å². The van der Waals surface area contributed by atoms with Crippen molar-refractivity contribution in [1.82, 2.24) is 5.32 Å². The van der Waals surface area contributed by atoms with Gasteiger partial charge in [0.1, 0.15) is 5.75 Å². The fourth-order valence-electron chi connectivity index (χ4n) is 2.37. The minimum Gasteiger partial charge on any atom is -0.497 e. The Kier molecular flexibility index (Phi) is 6.63. The van der Waals surface area contributed by atoms with Crippen molar-refractivity contribution in [3.05, 3.63) is 65.7 Å². The molecule has 122 valence electrons. The van der Waals surface area contributed by atoms with Crippen LogP contribution >= 0.6 is 0 Å². The highest BCUT2D eigenvalue weighted by Crippen LogP contribution is 2.21. The molecule has 0 spiro atoms. The molecule has 0 saturated carbocycles. The zero-order chi connectivity index (χ0) is 16.5. The van der Waals surface area contributed by atoms with Gasteiger partial charge < -0.3 is 14.8 Å². The number of carbonyl (C=O) groups excluding carboxylic acids is 1. The van der Waals surface area contributed by atoms with Gasteiger partial charge in [-0.2, -0.15) is 0 Å². The Morgan fingerprint density at radius 2 is 1.78 bits per heavy atom. The third kappa shape index (κ3) is 5.42. The van der Waals surface area contributed by atoms with E-state index in [-0.39, 0.29) is 12.0 Å². The van der Waals surface area contributed by atoms with Gasteiger partial charge in [-0.1, -0.05) is 42.5 Å². The standard InChI is InChI=1S/C19H23NO3/c1-3-23-19(21)13-18(16-9-11-17(22-2)12-10-16)20-14-15-7-5-4-6-8-15/h4-12,18,20H,3,13-14H2,1-2H3. The Morgan fingerprint density at radius 1 is 1.09 bits per heavy atom. The minimum absolute atomic E-state index is 0.0971. The highest BCUT2D eigenvalue weighted by molar-refractivity contribution is 5.70. The maximum atomic E-state index is 11.9. The van der Waals surface area contributed by atoms with Crippen molar-refractivity contribution in [2.24, 2.45) is 0 Å². The molecule has 0 radical (unpaired) electrons. The minimum atomic E-state index is -0.200. The lowest BCUT2D eigenvalue weighted by molar-refractivity contribution is -0.143. The van der Waals surface area contributed by atoms with Gasteiger partial charge in [0.05, 0.1) is 20.1 Å². The van der Waals surface area contributed by atoms with E-state index in [4.69, 9.17) is 9.47 Å². The number of nitrogens with one attached hydrogen (secondary N) is 1. The molecule has 0 fully saturated rings. The lowest BCUT2D eigenvalue weighted by Crippen LogP contribution is -2.24. The molecule has 2 rings (SSSR count). The van der Waals surface area contributed by atoms with Crippen LogP contribution < -0.4 is 10.1 Å². The molecule has 2 aromatic rings. The molecular weight excluding hydrogens is 290 g/mol. The molecule has 4 heteroatoms. The Hall–Kier alpha value is -2.33. The van der Waals surface area contributed by atoms with Crippen molar-refractivity contribution < 1.29 is 14.3 Å². The number of methoxy groups -OCH3 is 1. The number of ether oxygens (including phenoxy) is 2. The lowest BCUT2D eigenvalue weighted by Gasteiger charge is -2.19. The number of benzene rings is 2. The normalized spacial score (nSPS) is 11.7. The molecule has 0 heterocycles. The van der Waals surface area contributed by atoms with Crippen LogP contribution in [0.25, 0.3) is 0 Å². The summed E-state index contributed by atoms with van der Waals surface area (Å²) in [5.41, 5.74) is 2.21. The summed E-state index contributed by atoms with van der Waals surface area (Å²) in [6.07, 6.45) is 0.299. The SMILES string of the molecule is CCOC(=O)CC(NCc1ccccc1)c1ccc(OC)cc1. The van der Waals surface area contributed by atoms with Crippen LogP contribution in [0, 0.1) is 0 Å². The molecule has 0 amide bonds. The van der Waals surface area contributed by atoms with Gasteiger partial charge in [0.25, 0.3) is 0 Å². The molecule has 2 aromatic carbocycles. The van der Waals surface area contributed by atoms with Crippen LogP contribution in [0.3, 0.4) is 0 Å². The summed E-state index contributed by atoms with van der Waals surface area (Å²) in [5, 5.41) is 3.44. The molecule has 0 aromatic heterocycles. The van der Waals surface area contributed by atoms with E-state index in [2.05, 4.69) is 17.4 Å². The second-order valence-electron chi connectivity index (χ2n) is 5.20. The Balaban J connectivity index is 2.08. The van der Waals surface area contributed by atoms with Gasteiger partial charge in [-0.3, -0.25) is 4.79 Å². The van der Waals surface area contributed by atoms with Crippen molar-refractivity contribution in [1.29, 1.82) is 0 Å². The van der Waals surface area contributed by atoms with Gasteiger partial charge in [-0.15, -0.1) is 0 Å². The fourth-order valence-corrected chi connectivity index (χ4v) is 2.37. The molecule has 4 nitrogen and oxygen atoms in total. The molecule has 1 unspecified atom stereocenters. The first-order valence-corrected chi connectivity index (χ1v) is 7.79. The van der Waals surface area contributed by atoms with Crippen molar-refractivity contribution in [3.63, 3.8) is 0 Å². The number of carbonyl (C=O) groups is 1. The quantitative estimate of drug-likeness (QED) is 0.758. The Morgan fingerprint density at radius 3 is 2.39 bits per heavy atom. The van der Waals surface area contributed by atoms with E-state index in [1.165, 1.54) is 5.56 Å². The summed E-state index contributed by atoms with van der Waals surface area (Å²) in [5.74, 6) is 0.598. The van der Waals surface area contributed by atoms with Gasteiger partial charge in [-0.25, -0.2) is 0 Å². The number of rotatable bonds is 8. The van der Waals surface area contributed by atoms with Crippen LogP contribution in [0.5, 0.6) is 5.75 Å². The average Bonchev–Trinajstić information content (AvgIpc) is 2.60. The van der Waals surface area contributed by atoms with Crippen LogP contribution in [-0.4, -0.2) is 19.7 Å². The van der Waals surface area contributed by atoms with Crippen molar-refractivity contribution in [3.8, 4) is 5.75 Å². The summed E-state index contributed by atoms with van der Waals surface area (Å²) in [7, 11) is 1.64.